The molecule has 37 heavy (non-hydrogen) atoms. The molecule has 0 bridgehead atoms. The summed E-state index contributed by atoms with van der Waals surface area (Å²) in [5.74, 6) is 1.45. The molecule has 2 aliphatic rings. The molecule has 0 spiro atoms. The maximum atomic E-state index is 12.5. The van der Waals surface area contributed by atoms with Crippen molar-refractivity contribution in [1.82, 2.24) is 14.9 Å². The van der Waals surface area contributed by atoms with E-state index in [4.69, 9.17) is 14.7 Å². The molecule has 1 amide bonds. The van der Waals surface area contributed by atoms with E-state index in [1.807, 2.05) is 63.2 Å². The van der Waals surface area contributed by atoms with Crippen LogP contribution >= 0.6 is 0 Å². The lowest BCUT2D eigenvalue weighted by molar-refractivity contribution is -0.111. The minimum Gasteiger partial charge on any atom is -0.491 e. The van der Waals surface area contributed by atoms with Crippen LogP contribution in [0.15, 0.2) is 48.5 Å². The Balaban J connectivity index is 1.21. The van der Waals surface area contributed by atoms with Crippen molar-refractivity contribution in [3.05, 3.63) is 59.8 Å². The highest BCUT2D eigenvalue weighted by atomic mass is 16.5. The number of aromatic nitrogens is 2. The van der Waals surface area contributed by atoms with E-state index in [2.05, 4.69) is 15.1 Å². The van der Waals surface area contributed by atoms with Gasteiger partial charge in [-0.3, -0.25) is 4.79 Å². The van der Waals surface area contributed by atoms with Crippen molar-refractivity contribution < 1.29 is 9.53 Å². The van der Waals surface area contributed by atoms with Gasteiger partial charge in [-0.2, -0.15) is 0 Å². The zero-order valence-corrected chi connectivity index (χ0v) is 22.1. The Kier molecular flexibility index (Phi) is 7.70. The van der Waals surface area contributed by atoms with E-state index < -0.39 is 0 Å². The van der Waals surface area contributed by atoms with Crippen molar-refractivity contribution >= 4 is 34.5 Å². The molecule has 2 saturated heterocycles. The van der Waals surface area contributed by atoms with Gasteiger partial charge < -0.3 is 19.9 Å². The first-order valence-electron chi connectivity index (χ1n) is 13.5. The van der Waals surface area contributed by atoms with Crippen LogP contribution in [-0.2, 0) is 4.79 Å². The molecule has 0 unspecified atom stereocenters. The van der Waals surface area contributed by atoms with Gasteiger partial charge in [-0.15, -0.1) is 0 Å². The first-order chi connectivity index (χ1) is 17.9. The molecular formula is C30H37N5O2. The van der Waals surface area contributed by atoms with E-state index in [-0.39, 0.29) is 12.0 Å². The molecule has 0 saturated carbocycles. The van der Waals surface area contributed by atoms with Crippen LogP contribution in [0.25, 0.3) is 17.0 Å². The molecule has 3 aromatic rings. The van der Waals surface area contributed by atoms with Crippen LogP contribution in [0.1, 0.15) is 50.8 Å². The summed E-state index contributed by atoms with van der Waals surface area (Å²) in [5.41, 5.74) is 3.50. The van der Waals surface area contributed by atoms with Gasteiger partial charge in [0.2, 0.25) is 11.9 Å². The Morgan fingerprint density at radius 3 is 2.46 bits per heavy atom. The number of likely N-dealkylation sites (tertiary alicyclic amines) is 1. The summed E-state index contributed by atoms with van der Waals surface area (Å²) < 4.78 is 5.67. The number of hydrogen-bond acceptors (Lipinski definition) is 6. The highest BCUT2D eigenvalue weighted by Gasteiger charge is 2.27. The first-order valence-corrected chi connectivity index (χ1v) is 13.5. The van der Waals surface area contributed by atoms with Crippen molar-refractivity contribution in [1.29, 1.82) is 0 Å². The van der Waals surface area contributed by atoms with Gasteiger partial charge in [0.05, 0.1) is 17.3 Å². The monoisotopic (exact) mass is 499 g/mol. The Morgan fingerprint density at radius 2 is 1.76 bits per heavy atom. The minimum atomic E-state index is -0.182. The first kappa shape index (κ1) is 25.2. The predicted molar refractivity (Wildman–Crippen MR) is 150 cm³/mol. The van der Waals surface area contributed by atoms with E-state index in [0.29, 0.717) is 6.04 Å². The molecule has 1 N–H and O–H groups in total. The topological polar surface area (TPSA) is 70.6 Å². The van der Waals surface area contributed by atoms with Crippen molar-refractivity contribution in [2.24, 2.45) is 0 Å². The number of piperidine rings is 1. The SMILES string of the molecule is Cc1nc(N2CCC(N3CCCC3)CC2)nc2ccc(NC(=O)/C=C/c3ccc(OC(C)C)cc3)cc12. The van der Waals surface area contributed by atoms with E-state index in [1.54, 1.807) is 12.2 Å². The summed E-state index contributed by atoms with van der Waals surface area (Å²) in [6.45, 7) is 10.5. The molecule has 3 heterocycles. The maximum Gasteiger partial charge on any atom is 0.248 e. The Morgan fingerprint density at radius 1 is 1.03 bits per heavy atom. The average Bonchev–Trinajstić information content (AvgIpc) is 3.43. The number of nitrogens with one attached hydrogen (secondary N) is 1. The third kappa shape index (κ3) is 6.28. The highest BCUT2D eigenvalue weighted by molar-refractivity contribution is 6.03. The lowest BCUT2D eigenvalue weighted by Crippen LogP contribution is -2.44. The molecule has 0 aliphatic carbocycles. The summed E-state index contributed by atoms with van der Waals surface area (Å²) in [5, 5.41) is 3.91. The largest absolute Gasteiger partial charge is 0.491 e. The van der Waals surface area contributed by atoms with E-state index >= 15 is 0 Å². The molecule has 1 aromatic heterocycles. The second-order valence-electron chi connectivity index (χ2n) is 10.4. The third-order valence-corrected chi connectivity index (χ3v) is 7.23. The molecular weight excluding hydrogens is 462 g/mol. The third-order valence-electron chi connectivity index (χ3n) is 7.23. The Labute approximate surface area is 219 Å². The predicted octanol–water partition coefficient (Wildman–Crippen LogP) is 5.44. The summed E-state index contributed by atoms with van der Waals surface area (Å²) in [6, 6.07) is 14.2. The van der Waals surface area contributed by atoms with Crippen LogP contribution in [0.2, 0.25) is 0 Å². The molecule has 0 radical (unpaired) electrons. The van der Waals surface area contributed by atoms with Gasteiger partial charge >= 0.3 is 0 Å². The van der Waals surface area contributed by atoms with E-state index in [9.17, 15) is 4.79 Å². The Hall–Kier alpha value is -3.45. The molecule has 7 nitrogen and oxygen atoms in total. The fourth-order valence-corrected chi connectivity index (χ4v) is 5.31. The van der Waals surface area contributed by atoms with Crippen molar-refractivity contribution in [2.45, 2.75) is 58.6 Å². The lowest BCUT2D eigenvalue weighted by Gasteiger charge is -2.36. The molecule has 5 rings (SSSR count). The molecule has 2 aliphatic heterocycles. The molecule has 2 fully saturated rings. The summed E-state index contributed by atoms with van der Waals surface area (Å²) in [6.07, 6.45) is 8.50. The number of anilines is 2. The van der Waals surface area contributed by atoms with Gasteiger partial charge in [0.1, 0.15) is 5.75 Å². The Bertz CT molecular complexity index is 1260. The van der Waals surface area contributed by atoms with Gasteiger partial charge in [-0.05, 0) is 102 Å². The fourth-order valence-electron chi connectivity index (χ4n) is 5.31. The second kappa shape index (κ2) is 11.3. The number of carbonyl (C=O) groups is 1. The van der Waals surface area contributed by atoms with Gasteiger partial charge in [0.25, 0.3) is 0 Å². The van der Waals surface area contributed by atoms with Crippen LogP contribution in [-0.4, -0.2) is 59.1 Å². The van der Waals surface area contributed by atoms with Crippen molar-refractivity contribution in [3.63, 3.8) is 0 Å². The van der Waals surface area contributed by atoms with Gasteiger partial charge in [0.15, 0.2) is 0 Å². The van der Waals surface area contributed by atoms with Crippen molar-refractivity contribution in [3.8, 4) is 5.75 Å². The molecule has 2 aromatic carbocycles. The molecule has 0 atom stereocenters. The van der Waals surface area contributed by atoms with Gasteiger partial charge in [-0.1, -0.05) is 12.1 Å². The lowest BCUT2D eigenvalue weighted by atomic mass is 10.0. The fraction of sp³-hybridized carbons (Fsp3) is 0.433. The normalized spacial score (nSPS) is 17.2. The van der Waals surface area contributed by atoms with E-state index in [0.717, 1.165) is 52.6 Å². The van der Waals surface area contributed by atoms with Crippen LogP contribution in [0.4, 0.5) is 11.6 Å². The van der Waals surface area contributed by atoms with Crippen LogP contribution in [0.5, 0.6) is 5.75 Å². The summed E-state index contributed by atoms with van der Waals surface area (Å²) in [7, 11) is 0. The highest BCUT2D eigenvalue weighted by Crippen LogP contribution is 2.26. The second-order valence-corrected chi connectivity index (χ2v) is 10.4. The summed E-state index contributed by atoms with van der Waals surface area (Å²) >= 11 is 0. The number of carbonyl (C=O) groups excluding carboxylic acids is 1. The standard InChI is InChI=1S/C30H37N5O2/c1-21(2)37-26-10-6-23(7-11-26)8-13-29(36)32-24-9-12-28-27(20-24)22(3)31-30(33-28)35-18-14-25(15-19-35)34-16-4-5-17-34/h6-13,20-21,25H,4-5,14-19H2,1-3H3,(H,32,36)/b13-8+. The number of benzene rings is 2. The van der Waals surface area contributed by atoms with Gasteiger partial charge in [0, 0.05) is 36.3 Å². The number of ether oxygens (including phenoxy) is 1. The smallest absolute Gasteiger partial charge is 0.248 e. The average molecular weight is 500 g/mol. The van der Waals surface area contributed by atoms with Gasteiger partial charge in [-0.25, -0.2) is 9.97 Å². The maximum absolute atomic E-state index is 12.5. The molecule has 194 valence electrons. The molecule has 7 heteroatoms. The van der Waals surface area contributed by atoms with Crippen LogP contribution in [0.3, 0.4) is 0 Å². The zero-order chi connectivity index (χ0) is 25.8. The zero-order valence-electron chi connectivity index (χ0n) is 22.1. The number of aryl methyl sites for hydroxylation is 1. The number of amides is 1. The van der Waals surface area contributed by atoms with Crippen LogP contribution in [0, 0.1) is 6.92 Å². The van der Waals surface area contributed by atoms with Crippen LogP contribution < -0.4 is 15.0 Å². The van der Waals surface area contributed by atoms with Crippen molar-refractivity contribution in [2.75, 3.05) is 36.4 Å². The quantitative estimate of drug-likeness (QED) is 0.437. The number of fused-ring (bicyclic) bond motifs is 1. The minimum absolute atomic E-state index is 0.131. The summed E-state index contributed by atoms with van der Waals surface area (Å²) in [4.78, 5) is 27.2. The number of hydrogen-bond donors (Lipinski definition) is 1. The number of rotatable bonds is 7. The van der Waals surface area contributed by atoms with E-state index in [1.165, 1.54) is 38.8 Å². The number of nitrogens with zero attached hydrogens (tertiary/aromatic N) is 4.